The fourth-order valence-electron chi connectivity index (χ4n) is 7.87. The lowest BCUT2D eigenvalue weighted by Gasteiger charge is -2.26. The van der Waals surface area contributed by atoms with E-state index in [-0.39, 0.29) is 19.1 Å². The second kappa shape index (κ2) is 48.9. The summed E-state index contributed by atoms with van der Waals surface area (Å²) in [6.45, 7) is 4.65. The number of phosphoric acid groups is 1. The Kier molecular flexibility index (Phi) is 47.4. The van der Waals surface area contributed by atoms with Crippen molar-refractivity contribution in [3.05, 3.63) is 72.9 Å². The molecule has 0 aliphatic rings. The van der Waals surface area contributed by atoms with E-state index in [1.165, 1.54) is 128 Å². The number of carbonyl (C=O) groups is 1. The monoisotopic (exact) mass is 960 g/mol. The van der Waals surface area contributed by atoms with Crippen molar-refractivity contribution in [2.75, 3.05) is 40.9 Å². The number of nitrogens with zero attached hydrogens (tertiary/aromatic N) is 1. The van der Waals surface area contributed by atoms with Crippen LogP contribution in [0.25, 0.3) is 0 Å². The van der Waals surface area contributed by atoms with Gasteiger partial charge in [0.05, 0.1) is 39.9 Å². The van der Waals surface area contributed by atoms with Crippen LogP contribution in [0.1, 0.15) is 239 Å². The molecular weight excluding hydrogens is 852 g/mol. The zero-order valence-electron chi connectivity index (χ0n) is 44.4. The first-order valence-corrected chi connectivity index (χ1v) is 29.3. The summed E-state index contributed by atoms with van der Waals surface area (Å²) in [6, 6.07) is -0.756. The van der Waals surface area contributed by atoms with Gasteiger partial charge in [-0.1, -0.05) is 241 Å². The molecule has 0 aromatic carbocycles. The van der Waals surface area contributed by atoms with E-state index in [1.54, 1.807) is 0 Å². The highest BCUT2D eigenvalue weighted by Gasteiger charge is 2.28. The number of aliphatic hydroxyl groups is 1. The van der Waals surface area contributed by atoms with Gasteiger partial charge in [-0.2, -0.15) is 0 Å². The minimum Gasteiger partial charge on any atom is -0.391 e. The number of rotatable bonds is 50. The fraction of sp³-hybridized carbons (Fsp3) is 0.776. The molecule has 0 aliphatic carbocycles. The zero-order valence-corrected chi connectivity index (χ0v) is 45.3. The third-order valence-electron chi connectivity index (χ3n) is 12.2. The summed E-state index contributed by atoms with van der Waals surface area (Å²) in [7, 11) is 1.61. The molecule has 1 amide bonds. The van der Waals surface area contributed by atoms with E-state index in [1.807, 2.05) is 21.1 Å². The van der Waals surface area contributed by atoms with Crippen LogP contribution in [-0.4, -0.2) is 73.4 Å². The average Bonchev–Trinajstić information content (AvgIpc) is 3.29. The van der Waals surface area contributed by atoms with E-state index >= 15 is 0 Å². The molecular formula is C58H108N2O6P+. The molecule has 0 saturated carbocycles. The highest BCUT2D eigenvalue weighted by molar-refractivity contribution is 7.47. The molecule has 0 bridgehead atoms. The van der Waals surface area contributed by atoms with Gasteiger partial charge in [-0.15, -0.1) is 0 Å². The number of likely N-dealkylation sites (N-methyl/N-ethyl adjacent to an activating group) is 1. The first kappa shape index (κ1) is 64.9. The summed E-state index contributed by atoms with van der Waals surface area (Å²) in [6.07, 6.45) is 67.7. The molecule has 0 aromatic rings. The molecule has 0 aromatic heterocycles. The van der Waals surface area contributed by atoms with Crippen LogP contribution < -0.4 is 5.32 Å². The number of carbonyl (C=O) groups excluding carboxylic acids is 1. The molecule has 0 rings (SSSR count). The maximum atomic E-state index is 12.8. The van der Waals surface area contributed by atoms with Gasteiger partial charge in [-0.3, -0.25) is 13.8 Å². The minimum absolute atomic E-state index is 0.0733. The molecule has 390 valence electrons. The van der Waals surface area contributed by atoms with Gasteiger partial charge in [0.15, 0.2) is 0 Å². The Balaban J connectivity index is 3.67. The highest BCUT2D eigenvalue weighted by atomic mass is 31.2. The average molecular weight is 960 g/mol. The Morgan fingerprint density at radius 2 is 0.896 bits per heavy atom. The zero-order chi connectivity index (χ0) is 49.2. The van der Waals surface area contributed by atoms with Gasteiger partial charge in [0.25, 0.3) is 0 Å². The summed E-state index contributed by atoms with van der Waals surface area (Å²) in [5, 5.41) is 13.7. The lowest BCUT2D eigenvalue weighted by molar-refractivity contribution is -0.870. The summed E-state index contributed by atoms with van der Waals surface area (Å²) >= 11 is 0. The number of quaternary nitrogens is 1. The number of hydrogen-bond acceptors (Lipinski definition) is 5. The maximum Gasteiger partial charge on any atom is 0.472 e. The van der Waals surface area contributed by atoms with E-state index in [0.29, 0.717) is 23.9 Å². The molecule has 3 unspecified atom stereocenters. The quantitative estimate of drug-likeness (QED) is 0.0243. The molecule has 0 heterocycles. The van der Waals surface area contributed by atoms with Crippen LogP contribution in [0.4, 0.5) is 0 Å². The number of allylic oxidation sites excluding steroid dienone is 12. The molecule has 3 N–H and O–H groups in total. The lowest BCUT2D eigenvalue weighted by Crippen LogP contribution is -2.46. The van der Waals surface area contributed by atoms with E-state index in [4.69, 9.17) is 9.05 Å². The predicted molar refractivity (Wildman–Crippen MR) is 290 cm³/mol. The van der Waals surface area contributed by atoms with Crippen molar-refractivity contribution in [1.29, 1.82) is 0 Å². The highest BCUT2D eigenvalue weighted by Crippen LogP contribution is 2.43. The third kappa shape index (κ3) is 51.6. The van der Waals surface area contributed by atoms with Crippen molar-refractivity contribution in [3.8, 4) is 0 Å². The number of nitrogens with one attached hydrogen (secondary N) is 1. The van der Waals surface area contributed by atoms with Gasteiger partial charge in [0.2, 0.25) is 5.91 Å². The number of hydrogen-bond donors (Lipinski definition) is 3. The Hall–Kier alpha value is -2.06. The first-order valence-electron chi connectivity index (χ1n) is 27.8. The summed E-state index contributed by atoms with van der Waals surface area (Å²) < 4.78 is 23.4. The van der Waals surface area contributed by atoms with Gasteiger partial charge in [0, 0.05) is 6.42 Å². The van der Waals surface area contributed by atoms with E-state index in [2.05, 4.69) is 92.1 Å². The molecule has 67 heavy (non-hydrogen) atoms. The Labute approximate surface area is 414 Å². The van der Waals surface area contributed by atoms with Crippen LogP contribution in [0.2, 0.25) is 0 Å². The fourth-order valence-corrected chi connectivity index (χ4v) is 8.61. The molecule has 0 aliphatic heterocycles. The van der Waals surface area contributed by atoms with Crippen molar-refractivity contribution in [2.24, 2.45) is 0 Å². The van der Waals surface area contributed by atoms with Crippen LogP contribution in [0, 0.1) is 0 Å². The van der Waals surface area contributed by atoms with Crippen molar-refractivity contribution in [3.63, 3.8) is 0 Å². The van der Waals surface area contributed by atoms with Gasteiger partial charge in [-0.25, -0.2) is 4.57 Å². The standard InChI is InChI=1S/C58H107N2O6P/c1-6-8-10-12-13-14-15-16-17-18-19-20-21-22-23-24-25-26-27-28-29-30-31-32-33-34-35-36-37-38-39-40-41-42-43-44-45-46-47-48-50-52-58(62)59-56(57(61)51-49-11-9-7-2)55-66-67(63,64)65-54-53-60(3,4)5/h8,10,13-14,16-17,19-20,22-23,25-26,56-57,61H,6-7,9,11-12,15,18,21,24,27-55H2,1-5H3,(H-,59,62,63,64)/p+1/b10-8-,14-13-,17-16-,20-19-,23-22-,26-25-. The van der Waals surface area contributed by atoms with Crippen LogP contribution in [-0.2, 0) is 18.4 Å². The number of aliphatic hydroxyl groups excluding tert-OH is 1. The molecule has 8 nitrogen and oxygen atoms in total. The molecule has 0 fully saturated rings. The van der Waals surface area contributed by atoms with E-state index in [9.17, 15) is 19.4 Å². The van der Waals surface area contributed by atoms with Crippen molar-refractivity contribution < 1.29 is 32.9 Å². The van der Waals surface area contributed by atoms with Crippen LogP contribution in [0.3, 0.4) is 0 Å². The smallest absolute Gasteiger partial charge is 0.391 e. The molecule has 3 atom stereocenters. The molecule has 0 radical (unpaired) electrons. The Bertz CT molecular complexity index is 1320. The van der Waals surface area contributed by atoms with Gasteiger partial charge >= 0.3 is 7.82 Å². The number of unbranched alkanes of at least 4 members (excludes halogenated alkanes) is 25. The van der Waals surface area contributed by atoms with Gasteiger partial charge in [0.1, 0.15) is 13.2 Å². The second-order valence-corrected chi connectivity index (χ2v) is 21.4. The second-order valence-electron chi connectivity index (χ2n) is 19.9. The van der Waals surface area contributed by atoms with Crippen molar-refractivity contribution >= 4 is 13.7 Å². The van der Waals surface area contributed by atoms with Crippen LogP contribution in [0.15, 0.2) is 72.9 Å². The topological polar surface area (TPSA) is 105 Å². The lowest BCUT2D eigenvalue weighted by atomic mass is 10.0. The first-order chi connectivity index (χ1) is 32.5. The molecule has 0 spiro atoms. The third-order valence-corrected chi connectivity index (χ3v) is 13.2. The normalized spacial score (nSPS) is 14.6. The maximum absolute atomic E-state index is 12.8. The Morgan fingerprint density at radius 1 is 0.522 bits per heavy atom. The van der Waals surface area contributed by atoms with Crippen LogP contribution in [0.5, 0.6) is 0 Å². The predicted octanol–water partition coefficient (Wildman–Crippen LogP) is 16.7. The summed E-state index contributed by atoms with van der Waals surface area (Å²) in [5.41, 5.74) is 0. The number of phosphoric ester groups is 1. The molecule has 9 heteroatoms. The molecule has 0 saturated heterocycles. The van der Waals surface area contributed by atoms with Crippen molar-refractivity contribution in [2.45, 2.75) is 251 Å². The van der Waals surface area contributed by atoms with Gasteiger partial charge in [-0.05, 0) is 64.2 Å². The van der Waals surface area contributed by atoms with E-state index in [0.717, 1.165) is 83.5 Å². The summed E-state index contributed by atoms with van der Waals surface area (Å²) in [5.74, 6) is -0.152. The van der Waals surface area contributed by atoms with E-state index < -0.39 is 20.0 Å². The SMILES string of the molecule is CC/C=C\C/C=C\C/C=C\C/C=C\C/C=C\C/C=C\CCCCCCCCCCCCCCCCCCCCCCCCC(=O)NC(COP(=O)(O)OCC[N+](C)(C)C)C(O)CCCCCC. The van der Waals surface area contributed by atoms with Crippen molar-refractivity contribution in [1.82, 2.24) is 5.32 Å². The largest absolute Gasteiger partial charge is 0.472 e. The number of amides is 1. The minimum atomic E-state index is -4.30. The Morgan fingerprint density at radius 3 is 1.30 bits per heavy atom. The summed E-state index contributed by atoms with van der Waals surface area (Å²) in [4.78, 5) is 23.0. The van der Waals surface area contributed by atoms with Crippen LogP contribution >= 0.6 is 7.82 Å². The van der Waals surface area contributed by atoms with Gasteiger partial charge < -0.3 is 19.8 Å².